The molecule has 1 aromatic rings. The number of furan rings is 1. The lowest BCUT2D eigenvalue weighted by Crippen LogP contribution is -2.36. The first-order valence-corrected chi connectivity index (χ1v) is 8.40. The van der Waals surface area contributed by atoms with Gasteiger partial charge in [-0.1, -0.05) is 0 Å². The van der Waals surface area contributed by atoms with E-state index in [0.29, 0.717) is 6.10 Å². The Morgan fingerprint density at radius 3 is 2.71 bits per heavy atom. The highest BCUT2D eigenvalue weighted by Crippen LogP contribution is 2.22. The maximum Gasteiger partial charge on any atom is 0.118 e. The topological polar surface area (TPSA) is 37.6 Å². The lowest BCUT2D eigenvalue weighted by atomic mass is 10.1. The molecule has 0 radical (unpaired) electrons. The number of nitrogens with one attached hydrogen (secondary N) is 1. The second-order valence-corrected chi connectivity index (χ2v) is 6.38. The molecule has 4 heteroatoms. The van der Waals surface area contributed by atoms with Gasteiger partial charge in [-0.05, 0) is 45.6 Å². The van der Waals surface area contributed by atoms with Gasteiger partial charge in [-0.3, -0.25) is 4.90 Å². The van der Waals surface area contributed by atoms with E-state index in [0.717, 1.165) is 63.2 Å². The number of aryl methyl sites for hydroxylation is 1. The largest absolute Gasteiger partial charge is 0.465 e. The summed E-state index contributed by atoms with van der Waals surface area (Å²) >= 11 is 0. The van der Waals surface area contributed by atoms with Gasteiger partial charge in [0.15, 0.2) is 0 Å². The Morgan fingerprint density at radius 2 is 2.05 bits per heavy atom. The highest BCUT2D eigenvalue weighted by Gasteiger charge is 2.22. The number of hydrogen-bond acceptors (Lipinski definition) is 4. The number of nitrogens with zero attached hydrogens (tertiary/aromatic N) is 1. The normalized spacial score (nSPS) is 21.0. The molecule has 1 saturated heterocycles. The second kappa shape index (κ2) is 6.95. The molecule has 1 aliphatic carbocycles. The van der Waals surface area contributed by atoms with Crippen LogP contribution in [0.3, 0.4) is 0 Å². The van der Waals surface area contributed by atoms with Crippen molar-refractivity contribution >= 4 is 0 Å². The van der Waals surface area contributed by atoms with E-state index in [9.17, 15) is 0 Å². The van der Waals surface area contributed by atoms with Gasteiger partial charge in [-0.15, -0.1) is 0 Å². The number of piperidine rings is 1. The molecule has 118 valence electrons. The summed E-state index contributed by atoms with van der Waals surface area (Å²) in [5.41, 5.74) is 1.34. The van der Waals surface area contributed by atoms with Crippen molar-refractivity contribution in [1.82, 2.24) is 10.2 Å². The highest BCUT2D eigenvalue weighted by atomic mass is 16.5. The summed E-state index contributed by atoms with van der Waals surface area (Å²) in [4.78, 5) is 2.52. The lowest BCUT2D eigenvalue weighted by molar-refractivity contribution is 0.0124. The molecule has 0 bridgehead atoms. The van der Waals surface area contributed by atoms with Crippen LogP contribution in [0.25, 0.3) is 0 Å². The Labute approximate surface area is 127 Å². The minimum Gasteiger partial charge on any atom is -0.465 e. The minimum atomic E-state index is 0.468. The smallest absolute Gasteiger partial charge is 0.118 e. The number of hydrogen-bond donors (Lipinski definition) is 1. The van der Waals surface area contributed by atoms with Crippen LogP contribution < -0.4 is 5.32 Å². The summed E-state index contributed by atoms with van der Waals surface area (Å²) in [6, 6.07) is 2.97. The molecule has 2 fully saturated rings. The summed E-state index contributed by atoms with van der Waals surface area (Å²) in [7, 11) is 0. The Morgan fingerprint density at radius 1 is 1.29 bits per heavy atom. The zero-order chi connectivity index (χ0) is 14.7. The highest BCUT2D eigenvalue weighted by molar-refractivity contribution is 5.21. The maximum absolute atomic E-state index is 5.88. The molecule has 2 heterocycles. The third-order valence-electron chi connectivity index (χ3n) is 4.54. The maximum atomic E-state index is 5.88. The van der Waals surface area contributed by atoms with Gasteiger partial charge < -0.3 is 14.5 Å². The molecule has 3 rings (SSSR count). The Hall–Kier alpha value is -0.840. The molecule has 0 spiro atoms. The second-order valence-electron chi connectivity index (χ2n) is 6.38. The fraction of sp³-hybridized carbons (Fsp3) is 0.765. The predicted molar refractivity (Wildman–Crippen MR) is 83.2 cm³/mol. The molecular weight excluding hydrogens is 264 g/mol. The van der Waals surface area contributed by atoms with E-state index in [4.69, 9.17) is 9.15 Å². The van der Waals surface area contributed by atoms with E-state index < -0.39 is 0 Å². The van der Waals surface area contributed by atoms with Crippen molar-refractivity contribution in [1.29, 1.82) is 0 Å². The van der Waals surface area contributed by atoms with Crippen LogP contribution in [0.4, 0.5) is 0 Å². The summed E-state index contributed by atoms with van der Waals surface area (Å²) < 4.78 is 11.6. The molecule has 21 heavy (non-hydrogen) atoms. The molecule has 4 nitrogen and oxygen atoms in total. The molecule has 0 atom stereocenters. The molecule has 0 amide bonds. The Kier molecular flexibility index (Phi) is 4.99. The van der Waals surface area contributed by atoms with Crippen LogP contribution in [0.15, 0.2) is 10.5 Å². The van der Waals surface area contributed by atoms with Gasteiger partial charge in [0.05, 0.1) is 12.6 Å². The summed E-state index contributed by atoms with van der Waals surface area (Å²) in [6.45, 7) is 9.15. The van der Waals surface area contributed by atoms with E-state index in [1.54, 1.807) is 0 Å². The number of ether oxygens (including phenoxy) is 1. The Bertz CT molecular complexity index is 446. The van der Waals surface area contributed by atoms with Crippen molar-refractivity contribution in [2.45, 2.75) is 64.8 Å². The third-order valence-corrected chi connectivity index (χ3v) is 4.54. The quantitative estimate of drug-likeness (QED) is 0.838. The zero-order valence-electron chi connectivity index (χ0n) is 13.4. The first kappa shape index (κ1) is 15.1. The first-order chi connectivity index (χ1) is 10.2. The third kappa shape index (κ3) is 4.31. The van der Waals surface area contributed by atoms with Crippen LogP contribution in [0.1, 0.15) is 49.7 Å². The molecule has 1 saturated carbocycles. The lowest BCUT2D eigenvalue weighted by Gasteiger charge is -2.31. The summed E-state index contributed by atoms with van der Waals surface area (Å²) in [6.07, 6.45) is 5.42. The van der Waals surface area contributed by atoms with Gasteiger partial charge in [0.25, 0.3) is 0 Å². The predicted octanol–water partition coefficient (Wildman–Crippen LogP) is 2.84. The number of rotatable bonds is 7. The fourth-order valence-electron chi connectivity index (χ4n) is 3.07. The standard InChI is InChI=1S/C17H28N2O2/c1-3-20-16-6-8-19(9-7-16)12-14-10-17(21-13(14)2)11-18-15-4-5-15/h10,15-16,18H,3-9,11-12H2,1-2H3. The molecule has 1 aromatic heterocycles. The van der Waals surface area contributed by atoms with E-state index in [-0.39, 0.29) is 0 Å². The van der Waals surface area contributed by atoms with Crippen LogP contribution >= 0.6 is 0 Å². The first-order valence-electron chi connectivity index (χ1n) is 8.40. The summed E-state index contributed by atoms with van der Waals surface area (Å²) in [5.74, 6) is 2.16. The van der Waals surface area contributed by atoms with E-state index in [1.807, 2.05) is 0 Å². The van der Waals surface area contributed by atoms with Crippen molar-refractivity contribution in [2.75, 3.05) is 19.7 Å². The van der Waals surface area contributed by atoms with Crippen LogP contribution in [0.2, 0.25) is 0 Å². The van der Waals surface area contributed by atoms with Gasteiger partial charge in [0, 0.05) is 37.8 Å². The molecule has 0 unspecified atom stereocenters. The Balaban J connectivity index is 1.48. The van der Waals surface area contributed by atoms with Crippen LogP contribution in [-0.4, -0.2) is 36.7 Å². The number of likely N-dealkylation sites (tertiary alicyclic amines) is 1. The molecule has 0 aromatic carbocycles. The zero-order valence-corrected chi connectivity index (χ0v) is 13.4. The average molecular weight is 292 g/mol. The summed E-state index contributed by atoms with van der Waals surface area (Å²) in [5, 5.41) is 3.51. The molecule has 2 aliphatic rings. The van der Waals surface area contributed by atoms with E-state index in [1.165, 1.54) is 18.4 Å². The van der Waals surface area contributed by atoms with E-state index >= 15 is 0 Å². The fourth-order valence-corrected chi connectivity index (χ4v) is 3.07. The molecule has 1 aliphatic heterocycles. The van der Waals surface area contributed by atoms with Gasteiger partial charge in [0.2, 0.25) is 0 Å². The average Bonchev–Trinajstić information content (AvgIpc) is 3.24. The van der Waals surface area contributed by atoms with Gasteiger partial charge >= 0.3 is 0 Å². The molecular formula is C17H28N2O2. The van der Waals surface area contributed by atoms with E-state index in [2.05, 4.69) is 30.1 Å². The van der Waals surface area contributed by atoms with Gasteiger partial charge in [-0.25, -0.2) is 0 Å². The SMILES string of the molecule is CCOC1CCN(Cc2cc(CNC3CC3)oc2C)CC1. The van der Waals surface area contributed by atoms with Crippen molar-refractivity contribution in [3.8, 4) is 0 Å². The van der Waals surface area contributed by atoms with Crippen molar-refractivity contribution < 1.29 is 9.15 Å². The van der Waals surface area contributed by atoms with Gasteiger partial charge in [-0.2, -0.15) is 0 Å². The van der Waals surface area contributed by atoms with Crippen molar-refractivity contribution in [3.05, 3.63) is 23.2 Å². The van der Waals surface area contributed by atoms with Crippen molar-refractivity contribution in [3.63, 3.8) is 0 Å². The molecule has 1 N–H and O–H groups in total. The minimum absolute atomic E-state index is 0.468. The van der Waals surface area contributed by atoms with Crippen molar-refractivity contribution in [2.24, 2.45) is 0 Å². The monoisotopic (exact) mass is 292 g/mol. The van der Waals surface area contributed by atoms with Crippen LogP contribution in [0.5, 0.6) is 0 Å². The van der Waals surface area contributed by atoms with Gasteiger partial charge in [0.1, 0.15) is 11.5 Å². The van der Waals surface area contributed by atoms with Crippen LogP contribution in [-0.2, 0) is 17.8 Å². The van der Waals surface area contributed by atoms with Crippen LogP contribution in [0, 0.1) is 6.92 Å².